The van der Waals surface area contributed by atoms with Crippen molar-refractivity contribution >= 4 is 74.1 Å². The zero-order chi connectivity index (χ0) is 59.5. The van der Waals surface area contributed by atoms with Gasteiger partial charge in [0.15, 0.2) is 0 Å². The Hall–Kier alpha value is -6.46. The number of hydrogen-bond donors (Lipinski definition) is 0. The molecule has 11 aliphatic rings. The maximum Gasteiger partial charge on any atom is 0.297 e. The summed E-state index contributed by atoms with van der Waals surface area (Å²) < 4.78 is 7.85. The Morgan fingerprint density at radius 3 is 1.69 bits per heavy atom. The summed E-state index contributed by atoms with van der Waals surface area (Å²) in [7, 11) is 0. The van der Waals surface area contributed by atoms with Crippen molar-refractivity contribution in [3.8, 4) is 22.3 Å². The molecule has 0 N–H and O–H groups in total. The van der Waals surface area contributed by atoms with Gasteiger partial charge < -0.3 is 19.1 Å². The third-order valence-corrected chi connectivity index (χ3v) is 26.1. The van der Waals surface area contributed by atoms with Crippen LogP contribution in [0.3, 0.4) is 0 Å². The smallest absolute Gasteiger partial charge is 0.297 e. The van der Waals surface area contributed by atoms with E-state index < -0.39 is 0 Å². The second kappa shape index (κ2) is 19.1. The lowest BCUT2D eigenvalue weighted by Gasteiger charge is -2.61. The summed E-state index contributed by atoms with van der Waals surface area (Å²) in [5.74, 6) is 3.16. The molecule has 0 amide bonds. The van der Waals surface area contributed by atoms with Crippen LogP contribution in [-0.4, -0.2) is 18.8 Å². The third-order valence-electron chi connectivity index (χ3n) is 26.1. The Kier molecular flexibility index (Phi) is 11.8. The lowest BCUT2D eigenvalue weighted by molar-refractivity contribution is -0.0399. The van der Waals surface area contributed by atoms with Gasteiger partial charge in [-0.25, -0.2) is 0 Å². The molecule has 0 saturated heterocycles. The number of fused-ring (bicyclic) bond motifs is 11. The first kappa shape index (κ1) is 54.5. The number of hydrogen-bond acceptors (Lipinski definition) is 4. The van der Waals surface area contributed by atoms with E-state index >= 15 is 0 Å². The van der Waals surface area contributed by atoms with Gasteiger partial charge in [0, 0.05) is 57.0 Å². The highest BCUT2D eigenvalue weighted by molar-refractivity contribution is 7.00. The van der Waals surface area contributed by atoms with Gasteiger partial charge in [0.2, 0.25) is 0 Å². The van der Waals surface area contributed by atoms with E-state index in [-0.39, 0.29) is 33.8 Å². The van der Waals surface area contributed by atoms with Crippen LogP contribution in [0.15, 0.2) is 132 Å². The molecule has 7 aromatic carbocycles. The summed E-state index contributed by atoms with van der Waals surface area (Å²) in [6, 6.07) is 53.9. The van der Waals surface area contributed by atoms with Gasteiger partial charge >= 0.3 is 0 Å². The second-order valence-corrected chi connectivity index (χ2v) is 33.1. The van der Waals surface area contributed by atoms with Crippen LogP contribution in [0.1, 0.15) is 216 Å². The maximum atomic E-state index is 7.85. The van der Waals surface area contributed by atoms with Crippen molar-refractivity contribution in [3.63, 3.8) is 0 Å². The van der Waals surface area contributed by atoms with Crippen LogP contribution >= 0.6 is 0 Å². The second-order valence-electron chi connectivity index (χ2n) is 33.1. The molecule has 19 rings (SSSR count). The fourth-order valence-corrected chi connectivity index (χ4v) is 21.7. The number of anilines is 7. The molecule has 9 aliphatic carbocycles. The van der Waals surface area contributed by atoms with Crippen molar-refractivity contribution in [1.82, 2.24) is 0 Å². The quantitative estimate of drug-likeness (QED) is 0.155. The molecular formula is C83H92BN3O. The zero-order valence-electron chi connectivity index (χ0n) is 54.4. The Balaban J connectivity index is 0.877. The summed E-state index contributed by atoms with van der Waals surface area (Å²) in [6.07, 6.45) is 25.0. The predicted molar refractivity (Wildman–Crippen MR) is 370 cm³/mol. The minimum Gasteiger partial charge on any atom is -0.468 e. The first-order valence-corrected chi connectivity index (χ1v) is 35.2. The van der Waals surface area contributed by atoms with E-state index in [9.17, 15) is 0 Å². The number of rotatable bonds is 6. The molecule has 88 heavy (non-hydrogen) atoms. The van der Waals surface area contributed by atoms with Gasteiger partial charge in [-0.2, -0.15) is 0 Å². The van der Waals surface area contributed by atoms with Gasteiger partial charge in [-0.15, -0.1) is 0 Å². The summed E-state index contributed by atoms with van der Waals surface area (Å²) in [5, 5.41) is 1.23. The van der Waals surface area contributed by atoms with E-state index in [1.54, 1.807) is 11.1 Å². The van der Waals surface area contributed by atoms with Crippen molar-refractivity contribution < 1.29 is 4.42 Å². The number of nitrogens with zero attached hydrogens (tertiary/aromatic N) is 3. The van der Waals surface area contributed by atoms with Crippen molar-refractivity contribution in [2.75, 3.05) is 14.7 Å². The molecule has 3 heterocycles. The Morgan fingerprint density at radius 2 is 1.03 bits per heavy atom. The average molecular weight is 1160 g/mol. The van der Waals surface area contributed by atoms with Gasteiger partial charge in [0.1, 0.15) is 5.58 Å². The molecule has 0 radical (unpaired) electrons. The predicted octanol–water partition coefficient (Wildman–Crippen LogP) is 20.4. The molecule has 448 valence electrons. The van der Waals surface area contributed by atoms with Crippen molar-refractivity contribution in [2.45, 2.75) is 223 Å². The van der Waals surface area contributed by atoms with Crippen LogP contribution in [0.25, 0.3) is 33.2 Å². The fraction of sp³-hybridized carbons (Fsp3) is 0.470. The van der Waals surface area contributed by atoms with Crippen LogP contribution in [0.5, 0.6) is 0 Å². The van der Waals surface area contributed by atoms with Gasteiger partial charge in [-0.1, -0.05) is 161 Å². The van der Waals surface area contributed by atoms with E-state index in [1.165, 1.54) is 215 Å². The molecule has 4 bridgehead atoms. The highest BCUT2D eigenvalue weighted by atomic mass is 16.3. The number of benzene rings is 7. The van der Waals surface area contributed by atoms with Crippen molar-refractivity contribution in [2.24, 2.45) is 23.7 Å². The largest absolute Gasteiger partial charge is 0.468 e. The minimum atomic E-state index is -0.114. The Bertz CT molecular complexity index is 4150. The minimum absolute atomic E-state index is 0.0357. The first-order chi connectivity index (χ1) is 42.4. The summed E-state index contributed by atoms with van der Waals surface area (Å²) in [4.78, 5) is 8.45. The normalized spacial score (nSPS) is 26.3. The van der Waals surface area contributed by atoms with E-state index in [0.717, 1.165) is 35.9 Å². The molecule has 1 aromatic heterocycles. The first-order valence-electron chi connectivity index (χ1n) is 35.2. The SMILES string of the molecule is Cc1cc2c3c(c1)N(c1ccc(-c4ccc5c(c4)C(C)(C)CCC5(C)C)cc1)c1c(oc4cc5c(cc14)C(C)(C)CCC5(C)C)B3c1ccc(N(C3CCCCC3)C3CCCCC3)cc1N2c1ccc2c(c1)C1(c3ccccc3-2)C2CC3CC(C2)CC1C3. The van der Waals surface area contributed by atoms with E-state index in [2.05, 4.69) is 204 Å². The summed E-state index contributed by atoms with van der Waals surface area (Å²) in [6.45, 7) is 22.0. The van der Waals surface area contributed by atoms with Crippen LogP contribution < -0.4 is 31.3 Å². The van der Waals surface area contributed by atoms with Crippen LogP contribution in [0.2, 0.25) is 0 Å². The molecule has 5 heteroatoms. The lowest BCUT2D eigenvalue weighted by Crippen LogP contribution is -2.61. The molecule has 2 aliphatic heterocycles. The monoisotopic (exact) mass is 1160 g/mol. The number of furan rings is 1. The van der Waals surface area contributed by atoms with Crippen LogP contribution in [-0.2, 0) is 27.1 Å². The van der Waals surface area contributed by atoms with E-state index in [1.807, 2.05) is 0 Å². The number of aryl methyl sites for hydroxylation is 1. The van der Waals surface area contributed by atoms with E-state index in [0.29, 0.717) is 23.9 Å². The molecule has 0 atom stereocenters. The molecule has 4 nitrogen and oxygen atoms in total. The van der Waals surface area contributed by atoms with Crippen LogP contribution in [0.4, 0.5) is 39.8 Å². The topological polar surface area (TPSA) is 22.9 Å². The molecule has 6 fully saturated rings. The molecule has 6 saturated carbocycles. The summed E-state index contributed by atoms with van der Waals surface area (Å²) >= 11 is 0. The lowest BCUT2D eigenvalue weighted by atomic mass is 9.35. The molecular weight excluding hydrogens is 1070 g/mol. The standard InChI is InChI=1S/C83H92BN3O/c1-50-38-73-76-74(39-50)87(59-27-24-53(25-28-59)54-26-32-66-68(45-54)80(4,5)35-34-79(66,2)3)77-64-48-69-70(82(8,9)37-36-81(69,6)7)49-75(64)88-78(77)84(76)71-33-30-61(85(57-18-12-10-13-19-57)58-20-14-11-15-21-58)47-72(71)86(73)60-29-31-63-62-22-16-17-23-65(62)83(67(63)46-60)55-41-51-40-52(43-55)44-56(83)42-51/h16-17,22-33,38-39,45-49,51-52,55-58H,10-15,18-21,34-37,40-44H2,1-9H3. The highest BCUT2D eigenvalue weighted by Gasteiger charge is 2.62. The van der Waals surface area contributed by atoms with Crippen molar-refractivity contribution in [1.29, 1.82) is 0 Å². The zero-order valence-corrected chi connectivity index (χ0v) is 54.4. The van der Waals surface area contributed by atoms with Crippen molar-refractivity contribution in [3.05, 3.63) is 166 Å². The third kappa shape index (κ3) is 7.76. The Morgan fingerprint density at radius 1 is 0.466 bits per heavy atom. The Labute approximate surface area is 526 Å². The molecule has 1 spiro atoms. The van der Waals surface area contributed by atoms with Gasteiger partial charge in [-0.3, -0.25) is 0 Å². The molecule has 8 aromatic rings. The average Bonchev–Trinajstić information content (AvgIpc) is 1.41. The maximum absolute atomic E-state index is 7.85. The highest BCUT2D eigenvalue weighted by Crippen LogP contribution is 2.70. The van der Waals surface area contributed by atoms with Crippen LogP contribution in [0, 0.1) is 30.6 Å². The fourth-order valence-electron chi connectivity index (χ4n) is 21.7. The summed E-state index contributed by atoms with van der Waals surface area (Å²) in [5.41, 5.74) is 30.3. The van der Waals surface area contributed by atoms with Gasteiger partial charge in [0.05, 0.1) is 11.3 Å². The van der Waals surface area contributed by atoms with E-state index in [4.69, 9.17) is 4.42 Å². The van der Waals surface area contributed by atoms with Gasteiger partial charge in [-0.05, 0) is 269 Å². The van der Waals surface area contributed by atoms with Gasteiger partial charge in [0.25, 0.3) is 6.71 Å². The molecule has 0 unspecified atom stereocenters.